The predicted octanol–water partition coefficient (Wildman–Crippen LogP) is 1.83. The third-order valence-electron chi connectivity index (χ3n) is 2.27. The molecule has 2 aromatic rings. The molecule has 0 bridgehead atoms. The lowest BCUT2D eigenvalue weighted by Gasteiger charge is -2.05. The number of hydrogen-bond donors (Lipinski definition) is 1. The van der Waals surface area contributed by atoms with E-state index in [0.717, 1.165) is 11.4 Å². The molecule has 0 unspecified atom stereocenters. The molecular formula is C12H16N4O. The van der Waals surface area contributed by atoms with E-state index in [4.69, 9.17) is 4.74 Å². The van der Waals surface area contributed by atoms with Gasteiger partial charge in [-0.3, -0.25) is 4.68 Å². The molecule has 2 heterocycles. The maximum absolute atomic E-state index is 5.27. The Bertz CT molecular complexity index is 464. The van der Waals surface area contributed by atoms with Crippen molar-refractivity contribution in [3.05, 3.63) is 36.3 Å². The highest BCUT2D eigenvalue weighted by Crippen LogP contribution is 2.12. The molecule has 0 atom stereocenters. The minimum Gasteiger partial charge on any atom is -0.478 e. The predicted molar refractivity (Wildman–Crippen MR) is 65.9 cm³/mol. The Labute approximate surface area is 100 Å². The molecule has 0 aliphatic heterocycles. The van der Waals surface area contributed by atoms with Crippen LogP contribution in [0, 0.1) is 0 Å². The third-order valence-corrected chi connectivity index (χ3v) is 2.27. The van der Waals surface area contributed by atoms with Gasteiger partial charge in [0.1, 0.15) is 0 Å². The van der Waals surface area contributed by atoms with Gasteiger partial charge in [0, 0.05) is 19.3 Å². The fraction of sp³-hybridized carbons (Fsp3) is 0.333. The first-order valence-corrected chi connectivity index (χ1v) is 5.59. The zero-order valence-corrected chi connectivity index (χ0v) is 10.1. The first-order chi connectivity index (χ1) is 8.28. The molecule has 0 radical (unpaired) electrons. The van der Waals surface area contributed by atoms with Gasteiger partial charge in [-0.25, -0.2) is 4.98 Å². The quantitative estimate of drug-likeness (QED) is 0.854. The average Bonchev–Trinajstić information content (AvgIpc) is 2.75. The molecule has 0 amide bonds. The monoisotopic (exact) mass is 232 g/mol. The highest BCUT2D eigenvalue weighted by Gasteiger charge is 1.98. The second-order valence-electron chi connectivity index (χ2n) is 3.65. The van der Waals surface area contributed by atoms with Crippen molar-refractivity contribution in [2.24, 2.45) is 7.05 Å². The summed E-state index contributed by atoms with van der Waals surface area (Å²) in [7, 11) is 1.90. The molecule has 5 heteroatoms. The van der Waals surface area contributed by atoms with Crippen LogP contribution in [0.25, 0.3) is 0 Å². The summed E-state index contributed by atoms with van der Waals surface area (Å²) in [5.74, 6) is 0.649. The second kappa shape index (κ2) is 5.34. The molecule has 0 saturated heterocycles. The summed E-state index contributed by atoms with van der Waals surface area (Å²) < 4.78 is 7.06. The molecule has 90 valence electrons. The summed E-state index contributed by atoms with van der Waals surface area (Å²) in [5.41, 5.74) is 1.96. The maximum Gasteiger partial charge on any atom is 0.213 e. The standard InChI is InChI=1S/C12H16N4O/c1-3-17-12-5-4-10(8-14-12)13-9-11-6-7-16(2)15-11/h4-8,13H,3,9H2,1-2H3. The van der Waals surface area contributed by atoms with Gasteiger partial charge in [-0.2, -0.15) is 5.10 Å². The molecule has 0 spiro atoms. The molecule has 17 heavy (non-hydrogen) atoms. The Hall–Kier alpha value is -2.04. The number of hydrogen-bond acceptors (Lipinski definition) is 4. The number of aryl methyl sites for hydroxylation is 1. The van der Waals surface area contributed by atoms with Crippen molar-refractivity contribution in [3.63, 3.8) is 0 Å². The van der Waals surface area contributed by atoms with Crippen molar-refractivity contribution in [2.75, 3.05) is 11.9 Å². The first-order valence-electron chi connectivity index (χ1n) is 5.59. The van der Waals surface area contributed by atoms with Gasteiger partial charge in [-0.1, -0.05) is 0 Å². The summed E-state index contributed by atoms with van der Waals surface area (Å²) in [6, 6.07) is 5.78. The SMILES string of the molecule is CCOc1ccc(NCc2ccn(C)n2)cn1. The molecule has 0 fully saturated rings. The van der Waals surface area contributed by atoms with E-state index in [-0.39, 0.29) is 0 Å². The van der Waals surface area contributed by atoms with Crippen LogP contribution >= 0.6 is 0 Å². The van der Waals surface area contributed by atoms with E-state index in [1.54, 1.807) is 10.9 Å². The van der Waals surface area contributed by atoms with Crippen molar-refractivity contribution in [2.45, 2.75) is 13.5 Å². The van der Waals surface area contributed by atoms with Crippen LogP contribution in [0.3, 0.4) is 0 Å². The second-order valence-corrected chi connectivity index (χ2v) is 3.65. The van der Waals surface area contributed by atoms with Crippen LogP contribution in [0.5, 0.6) is 5.88 Å². The Morgan fingerprint density at radius 1 is 1.35 bits per heavy atom. The third kappa shape index (κ3) is 3.21. The van der Waals surface area contributed by atoms with Crippen LogP contribution in [0.1, 0.15) is 12.6 Å². The van der Waals surface area contributed by atoms with Gasteiger partial charge < -0.3 is 10.1 Å². The number of ether oxygens (including phenoxy) is 1. The van der Waals surface area contributed by atoms with E-state index in [9.17, 15) is 0 Å². The van der Waals surface area contributed by atoms with Crippen LogP contribution < -0.4 is 10.1 Å². The molecule has 1 N–H and O–H groups in total. The van der Waals surface area contributed by atoms with Gasteiger partial charge in [-0.05, 0) is 19.1 Å². The average molecular weight is 232 g/mol. The fourth-order valence-corrected chi connectivity index (χ4v) is 1.47. The molecule has 0 aliphatic carbocycles. The minimum atomic E-state index is 0.633. The van der Waals surface area contributed by atoms with E-state index >= 15 is 0 Å². The van der Waals surface area contributed by atoms with Crippen molar-refractivity contribution < 1.29 is 4.74 Å². The largest absolute Gasteiger partial charge is 0.478 e. The Balaban J connectivity index is 1.90. The molecular weight excluding hydrogens is 216 g/mol. The van der Waals surface area contributed by atoms with Gasteiger partial charge in [0.25, 0.3) is 0 Å². The topological polar surface area (TPSA) is 52.0 Å². The lowest BCUT2D eigenvalue weighted by Crippen LogP contribution is -2.02. The number of rotatable bonds is 5. The van der Waals surface area contributed by atoms with Gasteiger partial charge in [-0.15, -0.1) is 0 Å². The summed E-state index contributed by atoms with van der Waals surface area (Å²) >= 11 is 0. The smallest absolute Gasteiger partial charge is 0.213 e. The number of pyridine rings is 1. The maximum atomic E-state index is 5.27. The number of aromatic nitrogens is 3. The number of anilines is 1. The van der Waals surface area contributed by atoms with Crippen molar-refractivity contribution in [3.8, 4) is 5.88 Å². The molecule has 0 aromatic carbocycles. The summed E-state index contributed by atoms with van der Waals surface area (Å²) in [6.07, 6.45) is 3.68. The molecule has 0 aliphatic rings. The number of nitrogens with one attached hydrogen (secondary N) is 1. The van der Waals surface area contributed by atoms with Gasteiger partial charge >= 0.3 is 0 Å². The van der Waals surface area contributed by atoms with Gasteiger partial charge in [0.2, 0.25) is 5.88 Å². The Morgan fingerprint density at radius 2 is 2.24 bits per heavy atom. The van der Waals surface area contributed by atoms with Crippen LogP contribution in [-0.4, -0.2) is 21.4 Å². The minimum absolute atomic E-state index is 0.633. The van der Waals surface area contributed by atoms with E-state index in [0.29, 0.717) is 19.0 Å². The lowest BCUT2D eigenvalue weighted by molar-refractivity contribution is 0.327. The Morgan fingerprint density at radius 3 is 2.82 bits per heavy atom. The molecule has 2 aromatic heterocycles. The van der Waals surface area contributed by atoms with Crippen LogP contribution in [0.2, 0.25) is 0 Å². The highest BCUT2D eigenvalue weighted by molar-refractivity contribution is 5.42. The van der Waals surface area contributed by atoms with Crippen LogP contribution in [0.15, 0.2) is 30.6 Å². The van der Waals surface area contributed by atoms with E-state index in [1.165, 1.54) is 0 Å². The fourth-order valence-electron chi connectivity index (χ4n) is 1.47. The summed E-state index contributed by atoms with van der Waals surface area (Å²) in [5, 5.41) is 7.53. The highest BCUT2D eigenvalue weighted by atomic mass is 16.5. The van der Waals surface area contributed by atoms with E-state index in [1.807, 2.05) is 38.4 Å². The van der Waals surface area contributed by atoms with Crippen molar-refractivity contribution >= 4 is 5.69 Å². The first kappa shape index (κ1) is 11.4. The summed E-state index contributed by atoms with van der Waals surface area (Å²) in [4.78, 5) is 4.18. The van der Waals surface area contributed by atoms with E-state index in [2.05, 4.69) is 15.4 Å². The lowest BCUT2D eigenvalue weighted by atomic mass is 10.4. The molecule has 2 rings (SSSR count). The number of nitrogens with zero attached hydrogens (tertiary/aromatic N) is 3. The zero-order chi connectivity index (χ0) is 12.1. The normalized spacial score (nSPS) is 10.2. The van der Waals surface area contributed by atoms with Gasteiger partial charge in [0.05, 0.1) is 30.7 Å². The van der Waals surface area contributed by atoms with Crippen LogP contribution in [0.4, 0.5) is 5.69 Å². The Kier molecular flexibility index (Phi) is 3.59. The van der Waals surface area contributed by atoms with Crippen molar-refractivity contribution in [1.29, 1.82) is 0 Å². The molecule has 0 saturated carbocycles. The van der Waals surface area contributed by atoms with Crippen LogP contribution in [-0.2, 0) is 13.6 Å². The van der Waals surface area contributed by atoms with E-state index < -0.39 is 0 Å². The van der Waals surface area contributed by atoms with Crippen molar-refractivity contribution in [1.82, 2.24) is 14.8 Å². The molecule has 5 nitrogen and oxygen atoms in total. The zero-order valence-electron chi connectivity index (χ0n) is 10.1. The summed E-state index contributed by atoms with van der Waals surface area (Å²) in [6.45, 7) is 3.26. The van der Waals surface area contributed by atoms with Gasteiger partial charge in [0.15, 0.2) is 0 Å².